The Balaban J connectivity index is 1.79. The third-order valence-corrected chi connectivity index (χ3v) is 12.2. The van der Waals surface area contributed by atoms with Crippen molar-refractivity contribution in [2.24, 2.45) is 0 Å². The minimum absolute atomic E-state index is 0.220. The normalized spacial score (nSPS) is 11.7. The van der Waals surface area contributed by atoms with E-state index in [-0.39, 0.29) is 21.9 Å². The Bertz CT molecular complexity index is 1500. The lowest BCUT2D eigenvalue weighted by Crippen LogP contribution is -2.41. The molecule has 0 heterocycles. The Kier molecular flexibility index (Phi) is 26.3. The number of amides is 4. The first-order valence-corrected chi connectivity index (χ1v) is 25.0. The highest BCUT2D eigenvalue weighted by Gasteiger charge is 2.19. The van der Waals surface area contributed by atoms with Crippen molar-refractivity contribution in [2.45, 2.75) is 178 Å². The Morgan fingerprint density at radius 2 is 0.690 bits per heavy atom. The summed E-state index contributed by atoms with van der Waals surface area (Å²) in [5.41, 5.74) is 1.13. The summed E-state index contributed by atoms with van der Waals surface area (Å²) >= 11 is 0. The van der Waals surface area contributed by atoms with Crippen LogP contribution in [0.25, 0.3) is 0 Å². The van der Waals surface area contributed by atoms with Crippen LogP contribution in [0, 0.1) is 0 Å². The van der Waals surface area contributed by atoms with Gasteiger partial charge >= 0.3 is 12.1 Å². The van der Waals surface area contributed by atoms with Gasteiger partial charge in [-0.2, -0.15) is 16.8 Å². The number of anilines is 2. The molecule has 0 aliphatic carbocycles. The molecule has 14 heteroatoms. The number of nitrogens with zero attached hydrogens (tertiary/aromatic N) is 2. The zero-order chi connectivity index (χ0) is 42.5. The van der Waals surface area contributed by atoms with Gasteiger partial charge in [-0.15, -0.1) is 0 Å². The van der Waals surface area contributed by atoms with Crippen LogP contribution in [0.3, 0.4) is 0 Å². The van der Waals surface area contributed by atoms with Crippen molar-refractivity contribution >= 4 is 43.7 Å². The van der Waals surface area contributed by atoms with Gasteiger partial charge in [-0.1, -0.05) is 142 Å². The smallest absolute Gasteiger partial charge is 0.321 e. The fourth-order valence-electron chi connectivity index (χ4n) is 6.99. The minimum Gasteiger partial charge on any atom is -0.338 e. The minimum atomic E-state index is -4.34. The summed E-state index contributed by atoms with van der Waals surface area (Å²) in [6, 6.07) is 10.9. The third-order valence-electron chi connectivity index (χ3n) is 10.5. The molecule has 0 aliphatic heterocycles. The van der Waals surface area contributed by atoms with Crippen molar-refractivity contribution in [1.82, 2.24) is 10.6 Å². The Morgan fingerprint density at radius 3 is 0.966 bits per heavy atom. The molecule has 58 heavy (non-hydrogen) atoms. The van der Waals surface area contributed by atoms with E-state index in [0.29, 0.717) is 37.6 Å². The van der Waals surface area contributed by atoms with Crippen molar-refractivity contribution in [3.8, 4) is 0 Å². The number of unbranched alkanes of at least 4 members (excludes halogenated alkanes) is 21. The van der Waals surface area contributed by atoms with Crippen LogP contribution in [-0.2, 0) is 20.2 Å². The van der Waals surface area contributed by atoms with Crippen LogP contribution >= 0.6 is 0 Å². The number of urea groups is 2. The first-order valence-electron chi connectivity index (χ1n) is 22.1. The number of benzene rings is 2. The second-order valence-electron chi connectivity index (χ2n) is 15.5. The summed E-state index contributed by atoms with van der Waals surface area (Å²) in [5, 5.41) is 6.00. The largest absolute Gasteiger partial charge is 0.338 e. The van der Waals surface area contributed by atoms with Gasteiger partial charge in [0.1, 0.15) is 0 Å². The molecule has 0 bridgehead atoms. The second-order valence-corrected chi connectivity index (χ2v) is 18.3. The lowest BCUT2D eigenvalue weighted by molar-refractivity contribution is 0.244. The number of hydrogen-bond acceptors (Lipinski definition) is 6. The molecule has 0 atom stereocenters. The Hall–Kier alpha value is -3.20. The van der Waals surface area contributed by atoms with Crippen LogP contribution in [0.2, 0.25) is 0 Å². The van der Waals surface area contributed by atoms with E-state index >= 15 is 0 Å². The van der Waals surface area contributed by atoms with E-state index in [1.54, 1.807) is 34.1 Å². The maximum atomic E-state index is 13.3. The molecule has 2 aromatic rings. The number of rotatable bonds is 33. The summed E-state index contributed by atoms with van der Waals surface area (Å²) < 4.78 is 65.1. The zero-order valence-corrected chi connectivity index (χ0v) is 37.1. The molecule has 4 amide bonds. The molecule has 12 nitrogen and oxygen atoms in total. The van der Waals surface area contributed by atoms with Crippen LogP contribution < -0.4 is 20.4 Å². The lowest BCUT2D eigenvalue weighted by Gasteiger charge is -2.24. The highest BCUT2D eigenvalue weighted by Crippen LogP contribution is 2.22. The van der Waals surface area contributed by atoms with Crippen LogP contribution in [0.5, 0.6) is 0 Å². The maximum absolute atomic E-state index is 13.3. The molecule has 0 spiro atoms. The monoisotopic (exact) mass is 850 g/mol. The molecule has 0 saturated heterocycles. The molecule has 330 valence electrons. The molecule has 0 saturated carbocycles. The van der Waals surface area contributed by atoms with Gasteiger partial charge in [0.05, 0.1) is 9.79 Å². The molecule has 2 rings (SSSR count). The lowest BCUT2D eigenvalue weighted by atomic mass is 10.1. The fourth-order valence-corrected chi connectivity index (χ4v) is 7.95. The van der Waals surface area contributed by atoms with Gasteiger partial charge in [0.15, 0.2) is 0 Å². The van der Waals surface area contributed by atoms with Crippen molar-refractivity contribution < 1.29 is 35.5 Å². The van der Waals surface area contributed by atoms with Crippen molar-refractivity contribution in [2.75, 3.05) is 36.0 Å². The highest BCUT2D eigenvalue weighted by molar-refractivity contribution is 7.86. The van der Waals surface area contributed by atoms with Gasteiger partial charge in [0.2, 0.25) is 0 Å². The molecular formula is C44H74N4O8S2. The van der Waals surface area contributed by atoms with Crippen LogP contribution in [0.4, 0.5) is 21.0 Å². The molecule has 0 unspecified atom stereocenters. The van der Waals surface area contributed by atoms with E-state index in [4.69, 9.17) is 0 Å². The first-order chi connectivity index (χ1) is 27.9. The van der Waals surface area contributed by atoms with Crippen molar-refractivity contribution in [3.05, 3.63) is 48.5 Å². The van der Waals surface area contributed by atoms with Gasteiger partial charge in [0, 0.05) is 37.6 Å². The molecule has 0 aromatic heterocycles. The van der Waals surface area contributed by atoms with Gasteiger partial charge in [-0.3, -0.25) is 18.9 Å². The van der Waals surface area contributed by atoms with Gasteiger partial charge < -0.3 is 10.6 Å². The fraction of sp³-hybridized carbons (Fsp3) is 0.682. The van der Waals surface area contributed by atoms with E-state index < -0.39 is 20.2 Å². The zero-order valence-electron chi connectivity index (χ0n) is 35.5. The number of nitrogens with one attached hydrogen (secondary N) is 2. The van der Waals surface area contributed by atoms with Gasteiger partial charge in [0.25, 0.3) is 20.2 Å². The Labute approximate surface area is 350 Å². The van der Waals surface area contributed by atoms with E-state index in [0.717, 1.165) is 64.2 Å². The third kappa shape index (κ3) is 22.2. The molecular weight excluding hydrogens is 777 g/mol. The highest BCUT2D eigenvalue weighted by atomic mass is 32.2. The van der Waals surface area contributed by atoms with E-state index in [2.05, 4.69) is 24.5 Å². The van der Waals surface area contributed by atoms with Crippen LogP contribution in [0.1, 0.15) is 168 Å². The van der Waals surface area contributed by atoms with E-state index in [1.807, 2.05) is 0 Å². The predicted molar refractivity (Wildman–Crippen MR) is 236 cm³/mol. The van der Waals surface area contributed by atoms with E-state index in [9.17, 15) is 35.5 Å². The Morgan fingerprint density at radius 1 is 0.431 bits per heavy atom. The average molecular weight is 851 g/mol. The molecule has 4 N–H and O–H groups in total. The molecule has 0 fully saturated rings. The quantitative estimate of drug-likeness (QED) is 0.0405. The first kappa shape index (κ1) is 50.9. The molecule has 2 aromatic carbocycles. The standard InChI is InChI=1S/C44H74N4O8S2/c1-3-5-7-9-11-13-15-17-21-25-37-47(39-27-31-41(32-28-39)57(51,52)53)43(49)45-35-23-19-20-24-36-46-44(50)48(40-29-33-42(34-30-40)58(54,55)56)38-26-22-18-16-14-12-10-8-6-4-2/h27-34H,3-26,35-38H2,1-2H3,(H,45,49)(H,46,50)(H,51,52,53)(H,54,55,56). The number of carbonyl (C=O) groups excluding carboxylic acids is 2. The van der Waals surface area contributed by atoms with Crippen LogP contribution in [0.15, 0.2) is 58.3 Å². The van der Waals surface area contributed by atoms with Gasteiger partial charge in [-0.05, 0) is 74.2 Å². The number of hydrogen-bond donors (Lipinski definition) is 4. The van der Waals surface area contributed by atoms with Gasteiger partial charge in [-0.25, -0.2) is 9.59 Å². The SMILES string of the molecule is CCCCCCCCCCCCN(C(=O)NCCCCCCNC(=O)N(CCCCCCCCCCCC)c1ccc(S(=O)(=O)O)cc1)c1ccc(S(=O)(=O)O)cc1. The average Bonchev–Trinajstić information content (AvgIpc) is 3.19. The molecule has 0 aliphatic rings. The number of carbonyl (C=O) groups is 2. The second kappa shape index (κ2) is 29.9. The summed E-state index contributed by atoms with van der Waals surface area (Å²) in [5.74, 6) is 0. The summed E-state index contributed by atoms with van der Waals surface area (Å²) in [7, 11) is -8.68. The molecule has 0 radical (unpaired) electrons. The summed E-state index contributed by atoms with van der Waals surface area (Å²) in [6.07, 6.45) is 26.6. The van der Waals surface area contributed by atoms with Crippen molar-refractivity contribution in [1.29, 1.82) is 0 Å². The van der Waals surface area contributed by atoms with Crippen LogP contribution in [-0.4, -0.2) is 64.2 Å². The maximum Gasteiger partial charge on any atom is 0.321 e. The topological polar surface area (TPSA) is 173 Å². The summed E-state index contributed by atoms with van der Waals surface area (Å²) in [4.78, 5) is 29.4. The predicted octanol–water partition coefficient (Wildman–Crippen LogP) is 11.3. The summed E-state index contributed by atoms with van der Waals surface area (Å²) in [6.45, 7) is 6.36. The van der Waals surface area contributed by atoms with Crippen molar-refractivity contribution in [3.63, 3.8) is 0 Å². The van der Waals surface area contributed by atoms with E-state index in [1.165, 1.54) is 114 Å².